The Bertz CT molecular complexity index is 724. The minimum atomic E-state index is -1.37. The molecule has 2 aliphatic heterocycles. The molecule has 1 aromatic carbocycles. The maximum Gasteiger partial charge on any atom is 0.347 e. The fourth-order valence-corrected chi connectivity index (χ4v) is 3.36. The number of nitrogens with zero attached hydrogens (tertiary/aromatic N) is 1. The molecule has 0 aliphatic carbocycles. The summed E-state index contributed by atoms with van der Waals surface area (Å²) in [6.07, 6.45) is 1.08. The Labute approximate surface area is 140 Å². The second kappa shape index (κ2) is 6.11. The lowest BCUT2D eigenvalue weighted by Crippen LogP contribution is -2.54. The van der Waals surface area contributed by atoms with Crippen molar-refractivity contribution in [2.75, 3.05) is 13.7 Å². The van der Waals surface area contributed by atoms with E-state index < -0.39 is 17.5 Å². The molecule has 0 saturated carbocycles. The first-order valence-electron chi connectivity index (χ1n) is 7.86. The number of ether oxygens (including phenoxy) is 2. The van der Waals surface area contributed by atoms with Crippen molar-refractivity contribution in [1.29, 1.82) is 0 Å². The molecule has 1 aromatic rings. The molecule has 2 heterocycles. The van der Waals surface area contributed by atoms with Crippen molar-refractivity contribution in [3.8, 4) is 0 Å². The summed E-state index contributed by atoms with van der Waals surface area (Å²) in [7, 11) is 1.20. The van der Waals surface area contributed by atoms with Gasteiger partial charge >= 0.3 is 11.9 Å². The highest BCUT2D eigenvalue weighted by Crippen LogP contribution is 2.41. The van der Waals surface area contributed by atoms with Crippen LogP contribution in [0.5, 0.6) is 0 Å². The van der Waals surface area contributed by atoms with Crippen LogP contribution in [0.25, 0.3) is 0 Å². The molecule has 3 rings (SSSR count). The Morgan fingerprint density at radius 3 is 2.67 bits per heavy atom. The van der Waals surface area contributed by atoms with Crippen LogP contribution in [0.2, 0.25) is 0 Å². The standard InChI is InChI=1S/C18H19NO5/c1-12-14(15(20)23-2)16(21)24-18(12)9-6-10-19(17(18)22)11-13-7-4-3-5-8-13/h3-5,7-8H,6,9-11H2,1-2H3. The molecule has 1 spiro atoms. The van der Waals surface area contributed by atoms with E-state index in [1.165, 1.54) is 7.11 Å². The highest BCUT2D eigenvalue weighted by molar-refractivity contribution is 6.19. The van der Waals surface area contributed by atoms with Crippen molar-refractivity contribution in [1.82, 2.24) is 4.90 Å². The smallest absolute Gasteiger partial charge is 0.347 e. The summed E-state index contributed by atoms with van der Waals surface area (Å²) in [6, 6.07) is 9.62. The average molecular weight is 329 g/mol. The molecule has 6 nitrogen and oxygen atoms in total. The van der Waals surface area contributed by atoms with Gasteiger partial charge in [0.15, 0.2) is 0 Å². The van der Waals surface area contributed by atoms with Crippen molar-refractivity contribution in [3.05, 3.63) is 47.0 Å². The number of rotatable bonds is 3. The third-order valence-corrected chi connectivity index (χ3v) is 4.65. The number of methoxy groups -OCH3 is 1. The number of piperidine rings is 1. The molecule has 0 radical (unpaired) electrons. The third-order valence-electron chi connectivity index (χ3n) is 4.65. The van der Waals surface area contributed by atoms with E-state index in [1.54, 1.807) is 11.8 Å². The van der Waals surface area contributed by atoms with E-state index in [1.807, 2.05) is 30.3 Å². The molecule has 6 heteroatoms. The van der Waals surface area contributed by atoms with E-state index in [0.717, 1.165) is 5.56 Å². The molecule has 1 amide bonds. The zero-order valence-electron chi connectivity index (χ0n) is 13.7. The van der Waals surface area contributed by atoms with Crippen LogP contribution in [0.4, 0.5) is 0 Å². The molecule has 126 valence electrons. The normalized spacial score (nSPS) is 23.7. The topological polar surface area (TPSA) is 72.9 Å². The van der Waals surface area contributed by atoms with Crippen LogP contribution in [-0.2, 0) is 30.4 Å². The molecular weight excluding hydrogens is 310 g/mol. The molecule has 24 heavy (non-hydrogen) atoms. The molecule has 1 atom stereocenters. The number of amides is 1. The Hall–Kier alpha value is -2.63. The molecule has 0 N–H and O–H groups in total. The van der Waals surface area contributed by atoms with Gasteiger partial charge in [0.25, 0.3) is 5.91 Å². The first-order chi connectivity index (χ1) is 11.5. The van der Waals surface area contributed by atoms with E-state index >= 15 is 0 Å². The van der Waals surface area contributed by atoms with E-state index in [9.17, 15) is 14.4 Å². The summed E-state index contributed by atoms with van der Waals surface area (Å²) < 4.78 is 10.1. The fraction of sp³-hybridized carbons (Fsp3) is 0.389. The van der Waals surface area contributed by atoms with Crippen molar-refractivity contribution in [3.63, 3.8) is 0 Å². The predicted octanol–water partition coefficient (Wildman–Crippen LogP) is 1.59. The number of esters is 2. The zero-order valence-corrected chi connectivity index (χ0v) is 13.7. The van der Waals surface area contributed by atoms with Gasteiger partial charge in [0, 0.05) is 25.1 Å². The minimum absolute atomic E-state index is 0.160. The summed E-state index contributed by atoms with van der Waals surface area (Å²) >= 11 is 0. The number of likely N-dealkylation sites (tertiary alicyclic amines) is 1. The molecule has 0 aromatic heterocycles. The van der Waals surface area contributed by atoms with Gasteiger partial charge in [-0.2, -0.15) is 0 Å². The number of carbonyl (C=O) groups is 3. The summed E-state index contributed by atoms with van der Waals surface area (Å²) in [5.74, 6) is -1.82. The summed E-state index contributed by atoms with van der Waals surface area (Å²) in [5.41, 5.74) is -0.176. The van der Waals surface area contributed by atoms with Crippen LogP contribution < -0.4 is 0 Å². The van der Waals surface area contributed by atoms with E-state index in [0.29, 0.717) is 31.5 Å². The molecule has 0 bridgehead atoms. The third kappa shape index (κ3) is 2.48. The van der Waals surface area contributed by atoms with Gasteiger partial charge in [0.1, 0.15) is 5.57 Å². The van der Waals surface area contributed by atoms with Crippen molar-refractivity contribution in [2.24, 2.45) is 0 Å². The Morgan fingerprint density at radius 1 is 1.29 bits per heavy atom. The van der Waals surface area contributed by atoms with E-state index in [4.69, 9.17) is 4.74 Å². The molecule has 1 saturated heterocycles. The van der Waals surface area contributed by atoms with E-state index in [2.05, 4.69) is 4.74 Å². The van der Waals surface area contributed by atoms with Gasteiger partial charge in [-0.05, 0) is 18.9 Å². The lowest BCUT2D eigenvalue weighted by molar-refractivity contribution is -0.168. The van der Waals surface area contributed by atoms with Gasteiger partial charge in [-0.25, -0.2) is 9.59 Å². The Balaban J connectivity index is 1.91. The first kappa shape index (κ1) is 16.2. The monoisotopic (exact) mass is 329 g/mol. The van der Waals surface area contributed by atoms with Crippen LogP contribution in [0, 0.1) is 0 Å². The number of carbonyl (C=O) groups excluding carboxylic acids is 3. The van der Waals surface area contributed by atoms with E-state index in [-0.39, 0.29) is 11.5 Å². The van der Waals surface area contributed by atoms with Gasteiger partial charge in [0.05, 0.1) is 7.11 Å². The first-order valence-corrected chi connectivity index (χ1v) is 7.86. The lowest BCUT2D eigenvalue weighted by Gasteiger charge is -2.39. The molecule has 1 fully saturated rings. The van der Waals surface area contributed by atoms with Crippen molar-refractivity contribution in [2.45, 2.75) is 31.9 Å². The molecule has 1 unspecified atom stereocenters. The van der Waals surface area contributed by atoms with Gasteiger partial charge in [0.2, 0.25) is 5.60 Å². The Morgan fingerprint density at radius 2 is 2.00 bits per heavy atom. The highest BCUT2D eigenvalue weighted by Gasteiger charge is 2.56. The van der Waals surface area contributed by atoms with Crippen LogP contribution >= 0.6 is 0 Å². The maximum atomic E-state index is 13.0. The number of hydrogen-bond donors (Lipinski definition) is 0. The highest BCUT2D eigenvalue weighted by atomic mass is 16.6. The van der Waals surface area contributed by atoms with Crippen LogP contribution in [0.1, 0.15) is 25.3 Å². The van der Waals surface area contributed by atoms with Crippen molar-refractivity contribution < 1.29 is 23.9 Å². The van der Waals surface area contributed by atoms with Gasteiger partial charge in [-0.1, -0.05) is 30.3 Å². The number of hydrogen-bond acceptors (Lipinski definition) is 5. The maximum absolute atomic E-state index is 13.0. The van der Waals surface area contributed by atoms with Gasteiger partial charge in [-0.15, -0.1) is 0 Å². The SMILES string of the molecule is COC(=O)C1=C(C)C2(CCCN(Cc3ccccc3)C2=O)OC1=O. The summed E-state index contributed by atoms with van der Waals surface area (Å²) in [6.45, 7) is 2.63. The van der Waals surface area contributed by atoms with Gasteiger partial charge in [-0.3, -0.25) is 4.79 Å². The average Bonchev–Trinajstić information content (AvgIpc) is 2.83. The zero-order chi connectivity index (χ0) is 17.3. The number of benzene rings is 1. The minimum Gasteiger partial charge on any atom is -0.465 e. The van der Waals surface area contributed by atoms with Gasteiger partial charge < -0.3 is 14.4 Å². The quantitative estimate of drug-likeness (QED) is 0.622. The van der Waals surface area contributed by atoms with Crippen LogP contribution in [-0.4, -0.2) is 42.0 Å². The largest absolute Gasteiger partial charge is 0.465 e. The summed E-state index contributed by atoms with van der Waals surface area (Å²) in [5, 5.41) is 0. The Kier molecular flexibility index (Phi) is 4.13. The van der Waals surface area contributed by atoms with Crippen LogP contribution in [0.3, 0.4) is 0 Å². The fourth-order valence-electron chi connectivity index (χ4n) is 3.36. The second-order valence-corrected chi connectivity index (χ2v) is 6.02. The lowest BCUT2D eigenvalue weighted by atomic mass is 9.84. The molecule has 2 aliphatic rings. The second-order valence-electron chi connectivity index (χ2n) is 6.02. The predicted molar refractivity (Wildman–Crippen MR) is 84.6 cm³/mol. The van der Waals surface area contributed by atoms with Crippen molar-refractivity contribution >= 4 is 17.8 Å². The molecular formula is C18H19NO5. The van der Waals surface area contributed by atoms with Crippen LogP contribution in [0.15, 0.2) is 41.5 Å². The summed E-state index contributed by atoms with van der Waals surface area (Å²) in [4.78, 5) is 38.7.